The van der Waals surface area contributed by atoms with Crippen LogP contribution in [0.15, 0.2) is 48.6 Å². The van der Waals surface area contributed by atoms with Crippen LogP contribution in [0.5, 0.6) is 0 Å². The summed E-state index contributed by atoms with van der Waals surface area (Å²) in [7, 11) is 0. The highest BCUT2D eigenvalue weighted by molar-refractivity contribution is 5.76. The second-order valence-corrected chi connectivity index (χ2v) is 24.6. The van der Waals surface area contributed by atoms with Gasteiger partial charge in [0.1, 0.15) is 0 Å². The van der Waals surface area contributed by atoms with E-state index in [0.717, 1.165) is 51.4 Å². The van der Waals surface area contributed by atoms with Gasteiger partial charge >= 0.3 is 5.97 Å². The van der Waals surface area contributed by atoms with E-state index in [2.05, 4.69) is 55.6 Å². The van der Waals surface area contributed by atoms with Crippen molar-refractivity contribution < 1.29 is 24.5 Å². The van der Waals surface area contributed by atoms with Crippen LogP contribution in [-0.4, -0.2) is 47.4 Å². The lowest BCUT2D eigenvalue weighted by Crippen LogP contribution is -2.45. The van der Waals surface area contributed by atoms with Gasteiger partial charge in [0.05, 0.1) is 25.4 Å². The largest absolute Gasteiger partial charge is 0.466 e. The molecule has 6 nitrogen and oxygen atoms in total. The zero-order valence-corrected chi connectivity index (χ0v) is 53.8. The Hall–Kier alpha value is -2.18. The molecular formula is C74H139NO5. The molecule has 80 heavy (non-hydrogen) atoms. The van der Waals surface area contributed by atoms with Gasteiger partial charge in [0, 0.05) is 12.8 Å². The normalized spacial score (nSPS) is 12.8. The second kappa shape index (κ2) is 69.3. The fraction of sp³-hybridized carbons (Fsp3) is 0.865. The van der Waals surface area contributed by atoms with Gasteiger partial charge in [-0.3, -0.25) is 9.59 Å². The molecule has 0 fully saturated rings. The van der Waals surface area contributed by atoms with Gasteiger partial charge in [0.2, 0.25) is 5.91 Å². The lowest BCUT2D eigenvalue weighted by Gasteiger charge is -2.20. The van der Waals surface area contributed by atoms with Crippen molar-refractivity contribution in [3.8, 4) is 0 Å². The zero-order chi connectivity index (χ0) is 57.8. The lowest BCUT2D eigenvalue weighted by atomic mass is 10.0. The van der Waals surface area contributed by atoms with E-state index < -0.39 is 12.1 Å². The third-order valence-corrected chi connectivity index (χ3v) is 16.6. The highest BCUT2D eigenvalue weighted by Crippen LogP contribution is 2.18. The Balaban J connectivity index is 3.39. The van der Waals surface area contributed by atoms with Gasteiger partial charge in [0.15, 0.2) is 0 Å². The summed E-state index contributed by atoms with van der Waals surface area (Å²) >= 11 is 0. The molecule has 470 valence electrons. The van der Waals surface area contributed by atoms with Crippen molar-refractivity contribution in [2.75, 3.05) is 13.2 Å². The van der Waals surface area contributed by atoms with Crippen LogP contribution in [0.25, 0.3) is 0 Å². The number of unbranched alkanes of at least 4 members (excludes halogenated alkanes) is 50. The van der Waals surface area contributed by atoms with Crippen LogP contribution in [0.1, 0.15) is 386 Å². The molecule has 0 radical (unpaired) electrons. The second-order valence-electron chi connectivity index (χ2n) is 24.6. The minimum atomic E-state index is -0.843. The highest BCUT2D eigenvalue weighted by Gasteiger charge is 2.18. The number of nitrogens with one attached hydrogen (secondary N) is 1. The number of aliphatic hydroxyl groups excluding tert-OH is 2. The number of hydrogen-bond acceptors (Lipinski definition) is 5. The van der Waals surface area contributed by atoms with Crippen molar-refractivity contribution in [2.24, 2.45) is 0 Å². The number of amides is 1. The van der Waals surface area contributed by atoms with Crippen molar-refractivity contribution in [1.82, 2.24) is 5.32 Å². The molecule has 0 aromatic rings. The van der Waals surface area contributed by atoms with Crippen molar-refractivity contribution in [3.63, 3.8) is 0 Å². The molecule has 0 aliphatic rings. The number of aliphatic hydroxyl groups is 2. The molecule has 0 saturated carbocycles. The molecule has 0 aromatic carbocycles. The molecule has 0 bridgehead atoms. The highest BCUT2D eigenvalue weighted by atomic mass is 16.5. The van der Waals surface area contributed by atoms with Crippen LogP contribution < -0.4 is 5.32 Å². The molecule has 2 unspecified atom stereocenters. The summed E-state index contributed by atoms with van der Waals surface area (Å²) in [5.74, 6) is -0.0570. The standard InChI is InChI=1S/C74H139NO5/c1-3-5-7-9-11-13-15-17-18-40-43-46-50-54-58-62-66-72(77)71(70-76)75-73(78)67-63-59-55-51-47-44-41-38-36-34-32-30-28-26-24-22-20-19-21-23-25-27-29-31-33-35-37-39-42-45-49-53-57-61-65-69-80-74(79)68-64-60-56-52-48-16-14-12-10-8-6-4-2/h12,14,21,23,27,29,62,66,71-72,76-77H,3-11,13,15-20,22,24-26,28,30-61,63-65,67-70H2,1-2H3,(H,75,78)/b14-12-,23-21-,29-27-,66-62+. The number of rotatable bonds is 67. The number of carbonyl (C=O) groups is 2. The van der Waals surface area contributed by atoms with Crippen molar-refractivity contribution in [3.05, 3.63) is 48.6 Å². The first-order valence-electron chi connectivity index (χ1n) is 35.9. The number of carbonyl (C=O) groups excluding carboxylic acids is 2. The van der Waals surface area contributed by atoms with Gasteiger partial charge in [-0.15, -0.1) is 0 Å². The maximum Gasteiger partial charge on any atom is 0.305 e. The summed E-state index contributed by atoms with van der Waals surface area (Å²) in [5, 5.41) is 23.2. The summed E-state index contributed by atoms with van der Waals surface area (Å²) in [6.45, 7) is 4.90. The molecule has 0 aliphatic carbocycles. The van der Waals surface area contributed by atoms with Crippen LogP contribution in [0, 0.1) is 0 Å². The van der Waals surface area contributed by atoms with E-state index >= 15 is 0 Å². The summed E-state index contributed by atoms with van der Waals surface area (Å²) in [6.07, 6.45) is 90.6. The Morgan fingerprint density at radius 1 is 0.350 bits per heavy atom. The van der Waals surface area contributed by atoms with Crippen LogP contribution >= 0.6 is 0 Å². The molecule has 0 saturated heterocycles. The first-order chi connectivity index (χ1) is 39.5. The van der Waals surface area contributed by atoms with Gasteiger partial charge in [0.25, 0.3) is 0 Å². The molecule has 2 atom stereocenters. The average Bonchev–Trinajstić information content (AvgIpc) is 3.46. The Labute approximate surface area is 499 Å². The van der Waals surface area contributed by atoms with Gasteiger partial charge < -0.3 is 20.3 Å². The molecule has 0 spiro atoms. The topological polar surface area (TPSA) is 95.9 Å². The number of esters is 1. The van der Waals surface area contributed by atoms with E-state index in [1.807, 2.05) is 6.08 Å². The molecule has 0 rings (SSSR count). The van der Waals surface area contributed by atoms with E-state index in [1.165, 1.54) is 308 Å². The smallest absolute Gasteiger partial charge is 0.305 e. The van der Waals surface area contributed by atoms with Gasteiger partial charge in [-0.25, -0.2) is 0 Å². The predicted molar refractivity (Wildman–Crippen MR) is 352 cm³/mol. The SMILES string of the molecule is CCCCC/C=C\CCCCCCCC(=O)OCCCCCCCCCCCCC/C=C\C/C=C\CCCCCCCCCCCCCCCCCCCC(=O)NC(CO)C(O)/C=C/CCCCCCCCCCCCCCCC. The summed E-state index contributed by atoms with van der Waals surface area (Å²) in [6, 6.07) is -0.626. The predicted octanol–water partition coefficient (Wildman–Crippen LogP) is 23.3. The third-order valence-electron chi connectivity index (χ3n) is 16.6. The fourth-order valence-corrected chi connectivity index (χ4v) is 11.1. The Morgan fingerprint density at radius 3 is 0.988 bits per heavy atom. The van der Waals surface area contributed by atoms with Crippen LogP contribution in [0.4, 0.5) is 0 Å². The molecule has 3 N–H and O–H groups in total. The molecular weight excluding hydrogens is 983 g/mol. The van der Waals surface area contributed by atoms with E-state index in [1.54, 1.807) is 6.08 Å². The van der Waals surface area contributed by atoms with Crippen molar-refractivity contribution in [2.45, 2.75) is 398 Å². The number of allylic oxidation sites excluding steroid dienone is 7. The monoisotopic (exact) mass is 1120 g/mol. The molecule has 6 heteroatoms. The molecule has 1 amide bonds. The Morgan fingerprint density at radius 2 is 0.625 bits per heavy atom. The Kier molecular flexibility index (Phi) is 67.4. The molecule has 0 aromatic heterocycles. The first-order valence-corrected chi connectivity index (χ1v) is 35.9. The minimum Gasteiger partial charge on any atom is -0.466 e. The van der Waals surface area contributed by atoms with E-state index in [4.69, 9.17) is 4.74 Å². The maximum absolute atomic E-state index is 12.5. The van der Waals surface area contributed by atoms with Gasteiger partial charge in [-0.05, 0) is 89.9 Å². The molecule has 0 aliphatic heterocycles. The quantitative estimate of drug-likeness (QED) is 0.0320. The van der Waals surface area contributed by atoms with Crippen LogP contribution in [-0.2, 0) is 14.3 Å². The van der Waals surface area contributed by atoms with E-state index in [9.17, 15) is 19.8 Å². The van der Waals surface area contributed by atoms with Crippen LogP contribution in [0.2, 0.25) is 0 Å². The number of hydrogen-bond donors (Lipinski definition) is 3. The third kappa shape index (κ3) is 65.0. The van der Waals surface area contributed by atoms with Gasteiger partial charge in [-0.2, -0.15) is 0 Å². The number of ether oxygens (including phenoxy) is 1. The summed E-state index contributed by atoms with van der Waals surface area (Å²) in [5.41, 5.74) is 0. The van der Waals surface area contributed by atoms with Gasteiger partial charge in [-0.1, -0.05) is 332 Å². The average molecular weight is 1120 g/mol. The minimum absolute atomic E-state index is 0.00643. The molecule has 0 heterocycles. The maximum atomic E-state index is 12.5. The van der Waals surface area contributed by atoms with Crippen LogP contribution in [0.3, 0.4) is 0 Å². The summed E-state index contributed by atoms with van der Waals surface area (Å²) in [4.78, 5) is 24.5. The van der Waals surface area contributed by atoms with E-state index in [-0.39, 0.29) is 18.5 Å². The zero-order valence-electron chi connectivity index (χ0n) is 53.8. The van der Waals surface area contributed by atoms with Crippen molar-refractivity contribution in [1.29, 1.82) is 0 Å². The first kappa shape index (κ1) is 77.8. The fourth-order valence-electron chi connectivity index (χ4n) is 11.1. The summed E-state index contributed by atoms with van der Waals surface area (Å²) < 4.78 is 5.47. The Bertz CT molecular complexity index is 1340. The van der Waals surface area contributed by atoms with Crippen molar-refractivity contribution >= 4 is 11.9 Å². The van der Waals surface area contributed by atoms with E-state index in [0.29, 0.717) is 19.4 Å². The lowest BCUT2D eigenvalue weighted by molar-refractivity contribution is -0.143.